The van der Waals surface area contributed by atoms with Gasteiger partial charge in [-0.25, -0.2) is 28.4 Å². The maximum Gasteiger partial charge on any atom is 0.511 e. The first kappa shape index (κ1) is 25.8. The summed E-state index contributed by atoms with van der Waals surface area (Å²) in [4.78, 5) is 36.6. The summed E-state index contributed by atoms with van der Waals surface area (Å²) in [6.07, 6.45) is 1.50. The minimum Gasteiger partial charge on any atom is -0.449 e. The van der Waals surface area contributed by atoms with Crippen molar-refractivity contribution in [3.05, 3.63) is 82.6 Å². The number of fused-ring (bicyclic) bond motifs is 1. The van der Waals surface area contributed by atoms with Crippen LogP contribution in [0.5, 0.6) is 5.75 Å². The quantitative estimate of drug-likeness (QED) is 0.280. The van der Waals surface area contributed by atoms with Gasteiger partial charge in [0.05, 0.1) is 13.1 Å². The van der Waals surface area contributed by atoms with E-state index in [0.29, 0.717) is 19.5 Å². The van der Waals surface area contributed by atoms with Crippen LogP contribution in [0.3, 0.4) is 0 Å². The Hall–Kier alpha value is -3.85. The summed E-state index contributed by atoms with van der Waals surface area (Å²) >= 11 is 0. The molecule has 1 saturated heterocycles. The van der Waals surface area contributed by atoms with Crippen LogP contribution in [0.25, 0.3) is 0 Å². The van der Waals surface area contributed by atoms with Gasteiger partial charge in [-0.15, -0.1) is 0 Å². The minimum atomic E-state index is -1.39. The van der Waals surface area contributed by atoms with Crippen LogP contribution in [0.2, 0.25) is 0 Å². The third-order valence-corrected chi connectivity index (χ3v) is 8.06. The van der Waals surface area contributed by atoms with Crippen LogP contribution in [0.1, 0.15) is 58.3 Å². The number of aryl methyl sites for hydroxylation is 3. The van der Waals surface area contributed by atoms with Gasteiger partial charge in [0.25, 0.3) is 0 Å². The summed E-state index contributed by atoms with van der Waals surface area (Å²) < 4.78 is 19.9. The monoisotopic (exact) mass is 519 g/mol. The Labute approximate surface area is 221 Å². The highest BCUT2D eigenvalue weighted by atomic mass is 19.1. The number of carbonyl (C=O) groups is 2. The lowest BCUT2D eigenvalue weighted by Gasteiger charge is -2.47. The van der Waals surface area contributed by atoms with E-state index in [-0.39, 0.29) is 33.8 Å². The summed E-state index contributed by atoms with van der Waals surface area (Å²) in [5, 5.41) is 9.13. The molecular weight excluding hydrogens is 487 g/mol. The Kier molecular flexibility index (Phi) is 6.88. The second kappa shape index (κ2) is 10.1. The highest BCUT2D eigenvalue weighted by Crippen LogP contribution is 2.45. The Morgan fingerprint density at radius 2 is 1.79 bits per heavy atom. The number of benzene rings is 2. The second-order valence-corrected chi connectivity index (χ2v) is 10.3. The zero-order chi connectivity index (χ0) is 27.0. The fourth-order valence-corrected chi connectivity index (χ4v) is 6.23. The van der Waals surface area contributed by atoms with Crippen molar-refractivity contribution in [3.8, 4) is 5.75 Å². The van der Waals surface area contributed by atoms with E-state index in [2.05, 4.69) is 14.9 Å². The van der Waals surface area contributed by atoms with Crippen molar-refractivity contribution in [2.75, 3.05) is 25.0 Å². The van der Waals surface area contributed by atoms with Gasteiger partial charge in [0.2, 0.25) is 0 Å². The molecule has 2 aliphatic rings. The number of ether oxygens (including phenoxy) is 1. The van der Waals surface area contributed by atoms with E-state index in [1.807, 2.05) is 33.0 Å². The molecule has 0 bridgehead atoms. The number of nitrogens with zero attached hydrogens (tertiary/aromatic N) is 4. The van der Waals surface area contributed by atoms with E-state index in [1.165, 1.54) is 6.07 Å². The molecule has 38 heavy (non-hydrogen) atoms. The molecule has 1 aliphatic heterocycles. The van der Waals surface area contributed by atoms with Crippen LogP contribution in [-0.2, 0) is 6.42 Å². The number of hydrogen-bond acceptors (Lipinski definition) is 6. The average molecular weight is 520 g/mol. The molecule has 9 heteroatoms. The SMILES string of the molecule is Cc1cc(N2CCC([N+](C)(C(=O)c3ccccc3F)[C@@H]3CCc4ccc(OC(=O)O)cc43)CC2)nc(C)n1. The number of rotatable bonds is 5. The Morgan fingerprint density at radius 1 is 1.05 bits per heavy atom. The minimum absolute atomic E-state index is 0.0140. The third kappa shape index (κ3) is 4.74. The van der Waals surface area contributed by atoms with Crippen LogP contribution in [0.15, 0.2) is 48.5 Å². The predicted octanol–water partition coefficient (Wildman–Crippen LogP) is 5.23. The Morgan fingerprint density at radius 3 is 2.47 bits per heavy atom. The van der Waals surface area contributed by atoms with Gasteiger partial charge in [0.1, 0.15) is 34.8 Å². The molecule has 0 spiro atoms. The lowest BCUT2D eigenvalue weighted by molar-refractivity contribution is -0.887. The van der Waals surface area contributed by atoms with E-state index < -0.39 is 12.0 Å². The molecule has 2 atom stereocenters. The molecule has 2 heterocycles. The lowest BCUT2D eigenvalue weighted by atomic mass is 9.93. The Balaban J connectivity index is 1.51. The van der Waals surface area contributed by atoms with E-state index >= 15 is 0 Å². The lowest BCUT2D eigenvalue weighted by Crippen LogP contribution is -2.61. The van der Waals surface area contributed by atoms with Crippen LogP contribution in [-0.4, -0.2) is 57.8 Å². The van der Waals surface area contributed by atoms with Crippen molar-refractivity contribution in [1.82, 2.24) is 9.97 Å². The van der Waals surface area contributed by atoms with Gasteiger partial charge < -0.3 is 14.7 Å². The number of piperidine rings is 1. The second-order valence-electron chi connectivity index (χ2n) is 10.3. The van der Waals surface area contributed by atoms with Crippen molar-refractivity contribution >= 4 is 17.9 Å². The summed E-state index contributed by atoms with van der Waals surface area (Å²) in [7, 11) is 1.92. The Bertz CT molecular complexity index is 1370. The van der Waals surface area contributed by atoms with Crippen molar-refractivity contribution in [2.45, 2.75) is 51.6 Å². The normalized spacial score (nSPS) is 19.1. The standard InChI is InChI=1S/C29H31FN4O4/c1-18-16-27(32-19(2)31-18)33-14-12-21(13-15-33)34(3,28(35)23-6-4-5-7-25(23)30)26-11-9-20-8-10-22(17-24(20)26)38-29(36)37/h4-8,10,16-17,21,26H,9,11-15H2,1-3H3/p+1/t26-,34?/m1/s1. The summed E-state index contributed by atoms with van der Waals surface area (Å²) in [5.41, 5.74) is 2.93. The largest absolute Gasteiger partial charge is 0.511 e. The maximum atomic E-state index is 14.9. The van der Waals surface area contributed by atoms with E-state index in [1.54, 1.807) is 30.3 Å². The number of aromatic nitrogens is 2. The van der Waals surface area contributed by atoms with E-state index in [4.69, 9.17) is 9.84 Å². The maximum absolute atomic E-state index is 14.9. The molecule has 8 nitrogen and oxygen atoms in total. The number of anilines is 1. The van der Waals surface area contributed by atoms with Gasteiger partial charge in [-0.3, -0.25) is 0 Å². The third-order valence-electron chi connectivity index (χ3n) is 8.06. The summed E-state index contributed by atoms with van der Waals surface area (Å²) in [6.45, 7) is 5.25. The van der Waals surface area contributed by atoms with Gasteiger partial charge in [-0.05, 0) is 50.1 Å². The zero-order valence-electron chi connectivity index (χ0n) is 21.9. The molecule has 198 valence electrons. The molecule has 1 aromatic heterocycles. The highest BCUT2D eigenvalue weighted by Gasteiger charge is 2.51. The first-order chi connectivity index (χ1) is 18.2. The number of carboxylic acid groups (broad SMARTS) is 1. The van der Waals surface area contributed by atoms with Crippen LogP contribution in [0.4, 0.5) is 15.0 Å². The number of carbonyl (C=O) groups excluding carboxylic acids is 1. The van der Waals surface area contributed by atoms with E-state index in [9.17, 15) is 14.0 Å². The summed E-state index contributed by atoms with van der Waals surface area (Å²) in [6, 6.07) is 13.0. The molecule has 0 saturated carbocycles. The van der Waals surface area contributed by atoms with Gasteiger partial charge in [-0.1, -0.05) is 18.2 Å². The van der Waals surface area contributed by atoms with Gasteiger partial charge in [0.15, 0.2) is 0 Å². The van der Waals surface area contributed by atoms with Crippen molar-refractivity contribution in [2.24, 2.45) is 0 Å². The van der Waals surface area contributed by atoms with Crippen molar-refractivity contribution < 1.29 is 28.3 Å². The molecule has 5 rings (SSSR count). The van der Waals surface area contributed by atoms with Crippen LogP contribution >= 0.6 is 0 Å². The van der Waals surface area contributed by atoms with Crippen LogP contribution in [0, 0.1) is 19.7 Å². The number of quaternary nitrogens is 1. The number of amides is 1. The number of halogens is 1. The fraction of sp³-hybridized carbons (Fsp3) is 0.379. The van der Waals surface area contributed by atoms with E-state index in [0.717, 1.165) is 47.7 Å². The fourth-order valence-electron chi connectivity index (χ4n) is 6.23. The molecule has 1 fully saturated rings. The molecule has 3 aromatic rings. The molecule has 1 aliphatic carbocycles. The zero-order valence-corrected chi connectivity index (χ0v) is 21.9. The average Bonchev–Trinajstić information content (AvgIpc) is 3.31. The topological polar surface area (TPSA) is 92.6 Å². The first-order valence-corrected chi connectivity index (χ1v) is 12.9. The molecule has 1 unspecified atom stereocenters. The molecule has 1 N–H and O–H groups in total. The van der Waals surface area contributed by atoms with Gasteiger partial charge in [-0.2, -0.15) is 0 Å². The smallest absolute Gasteiger partial charge is 0.449 e. The van der Waals surface area contributed by atoms with Gasteiger partial charge in [0, 0.05) is 49.7 Å². The van der Waals surface area contributed by atoms with Gasteiger partial charge >= 0.3 is 12.1 Å². The summed E-state index contributed by atoms with van der Waals surface area (Å²) in [5.74, 6) is 1.02. The molecular formula is C29H32FN4O4+. The predicted molar refractivity (Wildman–Crippen MR) is 140 cm³/mol. The number of hydrogen-bond donors (Lipinski definition) is 1. The van der Waals surface area contributed by atoms with Crippen molar-refractivity contribution in [3.63, 3.8) is 0 Å². The molecule has 1 amide bonds. The first-order valence-electron chi connectivity index (χ1n) is 12.9. The molecule has 0 radical (unpaired) electrons. The highest BCUT2D eigenvalue weighted by molar-refractivity contribution is 5.89. The van der Waals surface area contributed by atoms with Crippen molar-refractivity contribution in [1.29, 1.82) is 0 Å². The molecule has 2 aromatic carbocycles. The van der Waals surface area contributed by atoms with Crippen LogP contribution < -0.4 is 9.64 Å².